The molecule has 0 amide bonds. The summed E-state index contributed by atoms with van der Waals surface area (Å²) in [5, 5.41) is 0. The Morgan fingerprint density at radius 2 is 1.85 bits per heavy atom. The van der Waals surface area contributed by atoms with Gasteiger partial charge in [0.2, 0.25) is 6.01 Å². The third-order valence-corrected chi connectivity index (χ3v) is 2.13. The van der Waals surface area contributed by atoms with Crippen molar-refractivity contribution in [1.29, 1.82) is 0 Å². The largest absolute Gasteiger partial charge is 0.297 e. The second-order valence-electron chi connectivity index (χ2n) is 2.41. The Labute approximate surface area is 76.3 Å². The first-order valence-electron chi connectivity index (χ1n) is 3.61. The van der Waals surface area contributed by atoms with E-state index in [0.29, 0.717) is 5.56 Å². The maximum Gasteiger partial charge on any atom is 0.297 e. The quantitative estimate of drug-likeness (QED) is 0.697. The maximum absolute atomic E-state index is 11.8. The van der Waals surface area contributed by atoms with Crippen LogP contribution in [0.2, 0.25) is 0 Å². The van der Waals surface area contributed by atoms with Crippen molar-refractivity contribution in [1.82, 2.24) is 0 Å². The molecule has 0 aromatic heterocycles. The molecule has 0 spiro atoms. The van der Waals surface area contributed by atoms with E-state index in [2.05, 4.69) is 4.18 Å². The molecule has 1 aromatic carbocycles. The molecule has 0 aliphatic heterocycles. The van der Waals surface area contributed by atoms with E-state index in [4.69, 9.17) is 0 Å². The number of rotatable bonds is 4. The van der Waals surface area contributed by atoms with Gasteiger partial charge in [-0.1, -0.05) is 30.3 Å². The first kappa shape index (κ1) is 10.1. The highest BCUT2D eigenvalue weighted by molar-refractivity contribution is 7.86. The molecule has 5 heteroatoms. The summed E-state index contributed by atoms with van der Waals surface area (Å²) in [4.78, 5) is 0. The van der Waals surface area contributed by atoms with Gasteiger partial charge < -0.3 is 0 Å². The normalized spacial score (nSPS) is 11.5. The van der Waals surface area contributed by atoms with Crippen LogP contribution in [0.5, 0.6) is 0 Å². The molecule has 1 aromatic rings. The number of hydrogen-bond donors (Lipinski definition) is 0. The molecular formula is C8H9FO3S. The molecular weight excluding hydrogens is 195 g/mol. The molecule has 0 aliphatic rings. The molecule has 0 radical (unpaired) electrons. The van der Waals surface area contributed by atoms with Gasteiger partial charge in [0.1, 0.15) is 0 Å². The number of halogens is 1. The lowest BCUT2D eigenvalue weighted by atomic mass is 10.2. The minimum atomic E-state index is -3.98. The predicted molar refractivity (Wildman–Crippen MR) is 46.1 cm³/mol. The summed E-state index contributed by atoms with van der Waals surface area (Å²) in [5.74, 6) is 0. The van der Waals surface area contributed by atoms with Crippen LogP contribution in [-0.2, 0) is 20.9 Å². The van der Waals surface area contributed by atoms with Gasteiger partial charge in [0.25, 0.3) is 10.1 Å². The third kappa shape index (κ3) is 3.52. The highest BCUT2D eigenvalue weighted by atomic mass is 32.2. The van der Waals surface area contributed by atoms with E-state index in [1.54, 1.807) is 30.3 Å². The Bertz CT molecular complexity index is 347. The Morgan fingerprint density at radius 1 is 1.23 bits per heavy atom. The van der Waals surface area contributed by atoms with Crippen LogP contribution < -0.4 is 0 Å². The predicted octanol–water partition coefficient (Wildman–Crippen LogP) is 1.46. The van der Waals surface area contributed by atoms with E-state index in [0.717, 1.165) is 0 Å². The van der Waals surface area contributed by atoms with Crippen molar-refractivity contribution in [3.05, 3.63) is 35.9 Å². The second kappa shape index (κ2) is 4.34. The smallest absolute Gasteiger partial charge is 0.263 e. The van der Waals surface area contributed by atoms with Crippen molar-refractivity contribution in [2.24, 2.45) is 0 Å². The van der Waals surface area contributed by atoms with Crippen LogP contribution in [0.1, 0.15) is 5.56 Å². The van der Waals surface area contributed by atoms with Gasteiger partial charge in [0.15, 0.2) is 0 Å². The summed E-state index contributed by atoms with van der Waals surface area (Å²) in [6.45, 7) is -0.118. The van der Waals surface area contributed by atoms with E-state index in [-0.39, 0.29) is 6.61 Å². The highest BCUT2D eigenvalue weighted by Crippen LogP contribution is 2.04. The third-order valence-electron chi connectivity index (χ3n) is 1.38. The first-order valence-corrected chi connectivity index (χ1v) is 5.19. The van der Waals surface area contributed by atoms with Crippen molar-refractivity contribution in [3.8, 4) is 0 Å². The van der Waals surface area contributed by atoms with E-state index < -0.39 is 16.1 Å². The van der Waals surface area contributed by atoms with Crippen LogP contribution in [0, 0.1) is 0 Å². The molecule has 13 heavy (non-hydrogen) atoms. The molecule has 1 rings (SSSR count). The highest BCUT2D eigenvalue weighted by Gasteiger charge is 2.09. The van der Waals surface area contributed by atoms with Crippen molar-refractivity contribution in [2.75, 3.05) is 6.01 Å². The average Bonchev–Trinajstić information content (AvgIpc) is 2.17. The summed E-state index contributed by atoms with van der Waals surface area (Å²) >= 11 is 0. The first-order chi connectivity index (χ1) is 6.14. The fraction of sp³-hybridized carbons (Fsp3) is 0.250. The lowest BCUT2D eigenvalue weighted by Crippen LogP contribution is -2.06. The van der Waals surface area contributed by atoms with Crippen LogP contribution in [0.4, 0.5) is 4.39 Å². The average molecular weight is 204 g/mol. The fourth-order valence-corrected chi connectivity index (χ4v) is 1.14. The Kier molecular flexibility index (Phi) is 3.39. The Hall–Kier alpha value is -0.940. The van der Waals surface area contributed by atoms with Gasteiger partial charge in [-0.2, -0.15) is 8.42 Å². The number of alkyl halides is 1. The van der Waals surface area contributed by atoms with Crippen molar-refractivity contribution in [3.63, 3.8) is 0 Å². The van der Waals surface area contributed by atoms with Gasteiger partial charge in [0, 0.05) is 0 Å². The monoisotopic (exact) mass is 204 g/mol. The molecule has 0 atom stereocenters. The van der Waals surface area contributed by atoms with E-state index >= 15 is 0 Å². The summed E-state index contributed by atoms with van der Waals surface area (Å²) in [5.41, 5.74) is 0.694. The van der Waals surface area contributed by atoms with Gasteiger partial charge in [-0.25, -0.2) is 4.39 Å². The zero-order chi connectivity index (χ0) is 9.73. The van der Waals surface area contributed by atoms with E-state index in [9.17, 15) is 12.8 Å². The Morgan fingerprint density at radius 3 is 2.38 bits per heavy atom. The topological polar surface area (TPSA) is 43.4 Å². The maximum atomic E-state index is 11.8. The SMILES string of the molecule is O=S(=O)(CF)OCc1ccccc1. The standard InChI is InChI=1S/C8H9FO3S/c9-7-13(10,11)12-6-8-4-2-1-3-5-8/h1-5H,6-7H2. The zero-order valence-corrected chi connectivity index (χ0v) is 7.63. The molecule has 3 nitrogen and oxygen atoms in total. The van der Waals surface area contributed by atoms with Gasteiger partial charge in [0.05, 0.1) is 6.61 Å². The van der Waals surface area contributed by atoms with Crippen LogP contribution in [-0.4, -0.2) is 14.4 Å². The molecule has 0 bridgehead atoms. The molecule has 0 heterocycles. The minimum Gasteiger partial charge on any atom is -0.263 e. The Balaban J connectivity index is 2.54. The van der Waals surface area contributed by atoms with Crippen LogP contribution in [0.15, 0.2) is 30.3 Å². The van der Waals surface area contributed by atoms with E-state index in [1.165, 1.54) is 0 Å². The van der Waals surface area contributed by atoms with Crippen molar-refractivity contribution in [2.45, 2.75) is 6.61 Å². The van der Waals surface area contributed by atoms with Gasteiger partial charge in [-0.15, -0.1) is 0 Å². The van der Waals surface area contributed by atoms with Crippen LogP contribution in [0.3, 0.4) is 0 Å². The summed E-state index contributed by atoms with van der Waals surface area (Å²) in [7, 11) is -3.98. The summed E-state index contributed by atoms with van der Waals surface area (Å²) < 4.78 is 37.3. The fourth-order valence-electron chi connectivity index (χ4n) is 0.764. The molecule has 0 fully saturated rings. The molecule has 0 N–H and O–H groups in total. The van der Waals surface area contributed by atoms with Gasteiger partial charge in [-0.05, 0) is 5.56 Å². The molecule has 0 saturated carbocycles. The molecule has 0 saturated heterocycles. The van der Waals surface area contributed by atoms with Crippen LogP contribution in [0.25, 0.3) is 0 Å². The lowest BCUT2D eigenvalue weighted by molar-refractivity contribution is 0.298. The minimum absolute atomic E-state index is 0.118. The van der Waals surface area contributed by atoms with Crippen molar-refractivity contribution >= 4 is 10.1 Å². The summed E-state index contributed by atoms with van der Waals surface area (Å²) in [6.07, 6.45) is 0. The number of benzene rings is 1. The van der Waals surface area contributed by atoms with Gasteiger partial charge in [-0.3, -0.25) is 4.18 Å². The van der Waals surface area contributed by atoms with Crippen LogP contribution >= 0.6 is 0 Å². The van der Waals surface area contributed by atoms with Gasteiger partial charge >= 0.3 is 0 Å². The van der Waals surface area contributed by atoms with E-state index in [1.807, 2.05) is 0 Å². The second-order valence-corrected chi connectivity index (χ2v) is 3.98. The lowest BCUT2D eigenvalue weighted by Gasteiger charge is -2.01. The summed E-state index contributed by atoms with van der Waals surface area (Å²) in [6, 6.07) is 7.22. The molecule has 72 valence electrons. The molecule has 0 unspecified atom stereocenters. The molecule has 0 aliphatic carbocycles. The van der Waals surface area contributed by atoms with Crippen molar-refractivity contribution < 1.29 is 17.0 Å². The zero-order valence-electron chi connectivity index (χ0n) is 6.81. The number of hydrogen-bond acceptors (Lipinski definition) is 3.